The fraction of sp³-hybridized carbons (Fsp3) is 0.273. The molecule has 0 saturated carbocycles. The molecule has 0 aliphatic rings. The van der Waals surface area contributed by atoms with Gasteiger partial charge < -0.3 is 5.32 Å². The standard InChI is InChI=1S/C22H24FN5O2S/c1-14(2)13-24-21(30)25-20(29)15(3)31-22-27-26-19(16-9-11-17(23)12-10-16)28(22)18-7-5-4-6-8-18/h4-12,14-15H,13H2,1-3H3,(H2,24,25,29,30). The van der Waals surface area contributed by atoms with Crippen molar-refractivity contribution >= 4 is 23.7 Å². The van der Waals surface area contributed by atoms with E-state index < -0.39 is 17.2 Å². The van der Waals surface area contributed by atoms with Gasteiger partial charge in [0.1, 0.15) is 5.82 Å². The Bertz CT molecular complexity index is 1040. The van der Waals surface area contributed by atoms with Gasteiger partial charge in [-0.25, -0.2) is 9.18 Å². The lowest BCUT2D eigenvalue weighted by atomic mass is 10.2. The number of benzene rings is 2. The zero-order valence-corrected chi connectivity index (χ0v) is 18.3. The molecule has 1 unspecified atom stereocenters. The summed E-state index contributed by atoms with van der Waals surface area (Å²) in [5, 5.41) is 13.4. The Morgan fingerprint density at radius 1 is 1.03 bits per heavy atom. The van der Waals surface area contributed by atoms with Gasteiger partial charge in [0.15, 0.2) is 11.0 Å². The van der Waals surface area contributed by atoms with Crippen LogP contribution in [0.4, 0.5) is 9.18 Å². The van der Waals surface area contributed by atoms with Gasteiger partial charge in [0, 0.05) is 17.8 Å². The predicted octanol–water partition coefficient (Wildman–Crippen LogP) is 4.04. The summed E-state index contributed by atoms with van der Waals surface area (Å²) in [5.74, 6) is 0.0281. The first-order valence-electron chi connectivity index (χ1n) is 9.87. The van der Waals surface area contributed by atoms with Crippen LogP contribution in [0.5, 0.6) is 0 Å². The molecule has 162 valence electrons. The minimum atomic E-state index is -0.600. The molecule has 2 aromatic carbocycles. The lowest BCUT2D eigenvalue weighted by molar-refractivity contribution is -0.119. The summed E-state index contributed by atoms with van der Waals surface area (Å²) in [6.07, 6.45) is 0. The maximum absolute atomic E-state index is 13.4. The van der Waals surface area contributed by atoms with E-state index in [2.05, 4.69) is 20.8 Å². The molecule has 0 radical (unpaired) electrons. The van der Waals surface area contributed by atoms with Crippen molar-refractivity contribution in [1.29, 1.82) is 0 Å². The van der Waals surface area contributed by atoms with Gasteiger partial charge in [0.25, 0.3) is 0 Å². The van der Waals surface area contributed by atoms with Gasteiger partial charge in [-0.2, -0.15) is 0 Å². The van der Waals surface area contributed by atoms with Crippen molar-refractivity contribution in [2.75, 3.05) is 6.54 Å². The number of rotatable bonds is 7. The highest BCUT2D eigenvalue weighted by atomic mass is 32.2. The summed E-state index contributed by atoms with van der Waals surface area (Å²) in [6.45, 7) is 6.10. The minimum Gasteiger partial charge on any atom is -0.338 e. The van der Waals surface area contributed by atoms with E-state index in [0.29, 0.717) is 23.1 Å². The maximum Gasteiger partial charge on any atom is 0.321 e. The Labute approximate surface area is 184 Å². The van der Waals surface area contributed by atoms with Crippen molar-refractivity contribution in [3.8, 4) is 17.1 Å². The van der Waals surface area contributed by atoms with Gasteiger partial charge in [-0.05, 0) is 49.2 Å². The molecule has 0 spiro atoms. The van der Waals surface area contributed by atoms with Crippen LogP contribution in [0.25, 0.3) is 17.1 Å². The third-order valence-electron chi connectivity index (χ3n) is 4.31. The van der Waals surface area contributed by atoms with Gasteiger partial charge in [-0.15, -0.1) is 10.2 Å². The third-order valence-corrected chi connectivity index (χ3v) is 5.35. The first-order chi connectivity index (χ1) is 14.8. The lowest BCUT2D eigenvalue weighted by Gasteiger charge is -2.14. The number of hydrogen-bond acceptors (Lipinski definition) is 5. The fourth-order valence-corrected chi connectivity index (χ4v) is 3.58. The van der Waals surface area contributed by atoms with Gasteiger partial charge in [-0.1, -0.05) is 43.8 Å². The van der Waals surface area contributed by atoms with E-state index in [1.807, 2.05) is 44.2 Å². The molecule has 2 N–H and O–H groups in total. The highest BCUT2D eigenvalue weighted by Gasteiger charge is 2.23. The highest BCUT2D eigenvalue weighted by Crippen LogP contribution is 2.30. The summed E-state index contributed by atoms with van der Waals surface area (Å²) >= 11 is 1.18. The number of amides is 3. The van der Waals surface area contributed by atoms with Crippen molar-refractivity contribution < 1.29 is 14.0 Å². The van der Waals surface area contributed by atoms with Crippen molar-refractivity contribution in [3.63, 3.8) is 0 Å². The van der Waals surface area contributed by atoms with Gasteiger partial charge in [0.05, 0.1) is 5.25 Å². The molecule has 0 bridgehead atoms. The Hall–Kier alpha value is -3.20. The molecule has 3 amide bonds. The van der Waals surface area contributed by atoms with Crippen LogP contribution in [0.3, 0.4) is 0 Å². The summed E-state index contributed by atoms with van der Waals surface area (Å²) < 4.78 is 15.2. The molecular formula is C22H24FN5O2S. The molecule has 3 aromatic rings. The first kappa shape index (κ1) is 22.5. The number of halogens is 1. The summed E-state index contributed by atoms with van der Waals surface area (Å²) in [5.41, 5.74) is 1.49. The average Bonchev–Trinajstić information content (AvgIpc) is 3.16. The topological polar surface area (TPSA) is 88.9 Å². The number of nitrogens with zero attached hydrogens (tertiary/aromatic N) is 3. The smallest absolute Gasteiger partial charge is 0.321 e. The number of carbonyl (C=O) groups excluding carboxylic acids is 2. The van der Waals surface area contributed by atoms with Gasteiger partial charge >= 0.3 is 6.03 Å². The first-order valence-corrected chi connectivity index (χ1v) is 10.7. The second-order valence-electron chi connectivity index (χ2n) is 7.34. The van der Waals surface area contributed by atoms with E-state index in [1.165, 1.54) is 23.9 Å². The molecule has 0 aliphatic carbocycles. The molecule has 1 aromatic heterocycles. The summed E-state index contributed by atoms with van der Waals surface area (Å²) in [7, 11) is 0. The van der Waals surface area contributed by atoms with Crippen LogP contribution in [-0.2, 0) is 4.79 Å². The van der Waals surface area contributed by atoms with Gasteiger partial charge in [-0.3, -0.25) is 14.7 Å². The Kier molecular flexibility index (Phi) is 7.41. The number of nitrogens with one attached hydrogen (secondary N) is 2. The molecule has 31 heavy (non-hydrogen) atoms. The van der Waals surface area contributed by atoms with E-state index in [0.717, 1.165) is 5.69 Å². The third kappa shape index (κ3) is 5.91. The van der Waals surface area contributed by atoms with Crippen LogP contribution in [0.15, 0.2) is 59.8 Å². The van der Waals surface area contributed by atoms with E-state index in [1.54, 1.807) is 23.6 Å². The minimum absolute atomic E-state index is 0.280. The zero-order valence-electron chi connectivity index (χ0n) is 17.5. The second kappa shape index (κ2) is 10.2. The molecule has 1 atom stereocenters. The Balaban J connectivity index is 1.83. The van der Waals surface area contributed by atoms with Crippen molar-refractivity contribution in [3.05, 3.63) is 60.4 Å². The van der Waals surface area contributed by atoms with Crippen LogP contribution >= 0.6 is 11.8 Å². The zero-order chi connectivity index (χ0) is 22.4. The largest absolute Gasteiger partial charge is 0.338 e. The average molecular weight is 442 g/mol. The van der Waals surface area contributed by atoms with Crippen molar-refractivity contribution in [2.45, 2.75) is 31.2 Å². The number of para-hydroxylation sites is 1. The molecule has 3 rings (SSSR count). The number of carbonyl (C=O) groups is 2. The van der Waals surface area contributed by atoms with Crippen LogP contribution < -0.4 is 10.6 Å². The van der Waals surface area contributed by atoms with E-state index in [9.17, 15) is 14.0 Å². The second-order valence-corrected chi connectivity index (χ2v) is 8.65. The molecular weight excluding hydrogens is 417 g/mol. The fourth-order valence-electron chi connectivity index (χ4n) is 2.71. The van der Waals surface area contributed by atoms with Gasteiger partial charge in [0.2, 0.25) is 5.91 Å². The van der Waals surface area contributed by atoms with E-state index in [-0.39, 0.29) is 11.7 Å². The van der Waals surface area contributed by atoms with Crippen LogP contribution in [-0.4, -0.2) is 38.5 Å². The summed E-state index contributed by atoms with van der Waals surface area (Å²) in [4.78, 5) is 24.4. The van der Waals surface area contributed by atoms with Crippen molar-refractivity contribution in [2.24, 2.45) is 5.92 Å². The van der Waals surface area contributed by atoms with Crippen LogP contribution in [0, 0.1) is 11.7 Å². The Morgan fingerprint density at radius 3 is 2.35 bits per heavy atom. The molecule has 1 heterocycles. The Morgan fingerprint density at radius 2 is 1.71 bits per heavy atom. The number of urea groups is 1. The summed E-state index contributed by atoms with van der Waals surface area (Å²) in [6, 6.07) is 14.9. The lowest BCUT2D eigenvalue weighted by Crippen LogP contribution is -2.43. The monoisotopic (exact) mass is 441 g/mol. The molecule has 0 aliphatic heterocycles. The molecule has 0 fully saturated rings. The highest BCUT2D eigenvalue weighted by molar-refractivity contribution is 8.00. The van der Waals surface area contributed by atoms with Crippen LogP contribution in [0.1, 0.15) is 20.8 Å². The SMILES string of the molecule is CC(C)CNC(=O)NC(=O)C(C)Sc1nnc(-c2ccc(F)cc2)n1-c1ccccc1. The van der Waals surface area contributed by atoms with Crippen LogP contribution in [0.2, 0.25) is 0 Å². The molecule has 9 heteroatoms. The van der Waals surface area contributed by atoms with E-state index >= 15 is 0 Å². The molecule has 7 nitrogen and oxygen atoms in total. The normalized spacial score (nSPS) is 11.9. The van der Waals surface area contributed by atoms with E-state index in [4.69, 9.17) is 0 Å². The number of hydrogen-bond donors (Lipinski definition) is 2. The number of aromatic nitrogens is 3. The number of thioether (sulfide) groups is 1. The number of imide groups is 1. The van der Waals surface area contributed by atoms with Crippen molar-refractivity contribution in [1.82, 2.24) is 25.4 Å². The molecule has 0 saturated heterocycles. The quantitative estimate of drug-likeness (QED) is 0.541. The maximum atomic E-state index is 13.4. The predicted molar refractivity (Wildman–Crippen MR) is 118 cm³/mol.